The Morgan fingerprint density at radius 2 is 1.95 bits per heavy atom. The average molecular weight is 276 g/mol. The number of nitrogens with one attached hydrogen (secondary N) is 1. The van der Waals surface area contributed by atoms with Gasteiger partial charge in [0.1, 0.15) is 0 Å². The third-order valence-corrected chi connectivity index (χ3v) is 2.95. The molecule has 1 fully saturated rings. The maximum Gasteiger partial charge on any atom is 0.328 e. The molecule has 1 heterocycles. The Hall–Kier alpha value is -1.38. The molecule has 4 N–H and O–H groups in total. The standard InChI is InChI=1S/C11H20N2O6/c14-5-6-19-8-1-3-13(4-2-8)11(18)12-9(7-15)10(16)17/h8-9,14-15H,1-7H2,(H,12,18)(H,16,17). The van der Waals surface area contributed by atoms with Crippen molar-refractivity contribution in [1.82, 2.24) is 10.2 Å². The number of carbonyl (C=O) groups is 2. The zero-order valence-corrected chi connectivity index (χ0v) is 10.6. The number of urea groups is 1. The van der Waals surface area contributed by atoms with E-state index in [1.165, 1.54) is 4.90 Å². The molecular weight excluding hydrogens is 256 g/mol. The van der Waals surface area contributed by atoms with Gasteiger partial charge in [-0.15, -0.1) is 0 Å². The maximum absolute atomic E-state index is 11.8. The number of piperidine rings is 1. The van der Waals surface area contributed by atoms with Gasteiger partial charge in [-0.2, -0.15) is 0 Å². The molecule has 0 radical (unpaired) electrons. The molecule has 0 saturated carbocycles. The third kappa shape index (κ3) is 5.01. The Kier molecular flexibility index (Phi) is 6.54. The Balaban J connectivity index is 2.34. The zero-order valence-electron chi connectivity index (χ0n) is 10.6. The van der Waals surface area contributed by atoms with Crippen molar-refractivity contribution < 1.29 is 29.6 Å². The molecule has 0 bridgehead atoms. The Morgan fingerprint density at radius 1 is 1.32 bits per heavy atom. The SMILES string of the molecule is O=C(O)C(CO)NC(=O)N1CCC(OCCO)CC1. The minimum Gasteiger partial charge on any atom is -0.480 e. The Labute approximate surface area is 111 Å². The van der Waals surface area contributed by atoms with Crippen LogP contribution in [0.5, 0.6) is 0 Å². The van der Waals surface area contributed by atoms with E-state index in [4.69, 9.17) is 20.1 Å². The lowest BCUT2D eigenvalue weighted by molar-refractivity contribution is -0.140. The summed E-state index contributed by atoms with van der Waals surface area (Å²) >= 11 is 0. The van der Waals surface area contributed by atoms with Crippen molar-refractivity contribution in [2.24, 2.45) is 0 Å². The summed E-state index contributed by atoms with van der Waals surface area (Å²) in [5.41, 5.74) is 0. The normalized spacial score (nSPS) is 18.1. The second kappa shape index (κ2) is 7.93. The number of likely N-dealkylation sites (tertiary alicyclic amines) is 1. The van der Waals surface area contributed by atoms with Crippen LogP contribution in [0.4, 0.5) is 4.79 Å². The van der Waals surface area contributed by atoms with Crippen LogP contribution in [0.3, 0.4) is 0 Å². The van der Waals surface area contributed by atoms with Crippen LogP contribution in [0.15, 0.2) is 0 Å². The number of hydrogen-bond acceptors (Lipinski definition) is 5. The van der Waals surface area contributed by atoms with E-state index in [1.54, 1.807) is 0 Å². The van der Waals surface area contributed by atoms with Crippen LogP contribution in [-0.2, 0) is 9.53 Å². The molecule has 1 rings (SSSR count). The minimum absolute atomic E-state index is 0.0179. The van der Waals surface area contributed by atoms with Gasteiger partial charge in [-0.05, 0) is 12.8 Å². The van der Waals surface area contributed by atoms with E-state index in [9.17, 15) is 9.59 Å². The van der Waals surface area contributed by atoms with Crippen LogP contribution < -0.4 is 5.32 Å². The molecule has 1 unspecified atom stereocenters. The fraction of sp³-hybridized carbons (Fsp3) is 0.818. The molecule has 0 aromatic carbocycles. The van der Waals surface area contributed by atoms with Crippen molar-refractivity contribution in [2.45, 2.75) is 25.0 Å². The molecule has 110 valence electrons. The third-order valence-electron chi connectivity index (χ3n) is 2.95. The molecule has 19 heavy (non-hydrogen) atoms. The van der Waals surface area contributed by atoms with Gasteiger partial charge in [-0.1, -0.05) is 0 Å². The number of rotatable bonds is 6. The molecule has 1 atom stereocenters. The molecule has 0 aromatic heterocycles. The Bertz CT molecular complexity index is 304. The first-order valence-electron chi connectivity index (χ1n) is 6.20. The lowest BCUT2D eigenvalue weighted by atomic mass is 10.1. The predicted octanol–water partition coefficient (Wildman–Crippen LogP) is -1.39. The monoisotopic (exact) mass is 276 g/mol. The van der Waals surface area contributed by atoms with Gasteiger partial charge < -0.3 is 30.3 Å². The highest BCUT2D eigenvalue weighted by molar-refractivity contribution is 5.82. The van der Waals surface area contributed by atoms with Crippen LogP contribution in [0, 0.1) is 0 Å². The van der Waals surface area contributed by atoms with Gasteiger partial charge in [0.25, 0.3) is 0 Å². The molecule has 1 aliphatic heterocycles. The summed E-state index contributed by atoms with van der Waals surface area (Å²) in [7, 11) is 0. The first-order chi connectivity index (χ1) is 9.08. The topological polar surface area (TPSA) is 119 Å². The summed E-state index contributed by atoms with van der Waals surface area (Å²) < 4.78 is 5.36. The first kappa shape index (κ1) is 15.7. The smallest absolute Gasteiger partial charge is 0.328 e. The number of aliphatic carboxylic acids is 1. The molecule has 2 amide bonds. The van der Waals surface area contributed by atoms with E-state index < -0.39 is 24.6 Å². The zero-order chi connectivity index (χ0) is 14.3. The quantitative estimate of drug-likeness (QED) is 0.474. The molecule has 1 aliphatic rings. The predicted molar refractivity (Wildman–Crippen MR) is 64.7 cm³/mol. The second-order valence-electron chi connectivity index (χ2n) is 4.30. The highest BCUT2D eigenvalue weighted by Crippen LogP contribution is 2.13. The summed E-state index contributed by atoms with van der Waals surface area (Å²) in [6, 6.07) is -1.78. The molecule has 0 aliphatic carbocycles. The van der Waals surface area contributed by atoms with E-state index in [0.717, 1.165) is 0 Å². The lowest BCUT2D eigenvalue weighted by Gasteiger charge is -2.32. The summed E-state index contributed by atoms with van der Waals surface area (Å²) in [6.07, 6.45) is 1.30. The average Bonchev–Trinajstić information content (AvgIpc) is 2.42. The van der Waals surface area contributed by atoms with E-state index in [2.05, 4.69) is 5.32 Å². The van der Waals surface area contributed by atoms with Crippen molar-refractivity contribution in [3.8, 4) is 0 Å². The molecule has 8 heteroatoms. The lowest BCUT2D eigenvalue weighted by Crippen LogP contribution is -2.52. The summed E-state index contributed by atoms with van der Waals surface area (Å²) in [6.45, 7) is 0.524. The summed E-state index contributed by atoms with van der Waals surface area (Å²) in [5, 5.41) is 28.4. The van der Waals surface area contributed by atoms with Gasteiger partial charge in [0.15, 0.2) is 6.04 Å². The van der Waals surface area contributed by atoms with Crippen LogP contribution in [0.25, 0.3) is 0 Å². The number of carboxylic acids is 1. The van der Waals surface area contributed by atoms with Crippen LogP contribution in [0.1, 0.15) is 12.8 Å². The number of aliphatic hydroxyl groups is 2. The molecule has 0 spiro atoms. The number of amides is 2. The van der Waals surface area contributed by atoms with E-state index in [1.807, 2.05) is 0 Å². The molecular formula is C11H20N2O6. The molecule has 8 nitrogen and oxygen atoms in total. The largest absolute Gasteiger partial charge is 0.480 e. The van der Waals surface area contributed by atoms with Crippen molar-refractivity contribution in [1.29, 1.82) is 0 Å². The highest BCUT2D eigenvalue weighted by atomic mass is 16.5. The van der Waals surface area contributed by atoms with Crippen molar-refractivity contribution >= 4 is 12.0 Å². The number of carbonyl (C=O) groups excluding carboxylic acids is 1. The van der Waals surface area contributed by atoms with Gasteiger partial charge in [0.2, 0.25) is 0 Å². The van der Waals surface area contributed by atoms with E-state index >= 15 is 0 Å². The Morgan fingerprint density at radius 3 is 2.42 bits per heavy atom. The maximum atomic E-state index is 11.8. The highest BCUT2D eigenvalue weighted by Gasteiger charge is 2.26. The van der Waals surface area contributed by atoms with Crippen LogP contribution in [0.2, 0.25) is 0 Å². The second-order valence-corrected chi connectivity index (χ2v) is 4.30. The minimum atomic E-state index is -1.28. The number of aliphatic hydroxyl groups excluding tert-OH is 2. The molecule has 0 aromatic rings. The number of carboxylic acid groups (broad SMARTS) is 1. The number of ether oxygens (including phenoxy) is 1. The van der Waals surface area contributed by atoms with Crippen molar-refractivity contribution in [3.05, 3.63) is 0 Å². The fourth-order valence-electron chi connectivity index (χ4n) is 1.87. The first-order valence-corrected chi connectivity index (χ1v) is 6.20. The molecule has 1 saturated heterocycles. The van der Waals surface area contributed by atoms with Crippen LogP contribution in [-0.4, -0.2) is 77.3 Å². The van der Waals surface area contributed by atoms with Gasteiger partial charge in [-0.3, -0.25) is 0 Å². The summed E-state index contributed by atoms with van der Waals surface area (Å²) in [4.78, 5) is 23.9. The number of hydrogen-bond donors (Lipinski definition) is 4. The van der Waals surface area contributed by atoms with Gasteiger partial charge in [0, 0.05) is 13.1 Å². The van der Waals surface area contributed by atoms with E-state index in [-0.39, 0.29) is 19.3 Å². The fourth-order valence-corrected chi connectivity index (χ4v) is 1.87. The summed E-state index contributed by atoms with van der Waals surface area (Å²) in [5.74, 6) is -1.27. The van der Waals surface area contributed by atoms with Crippen LogP contribution >= 0.6 is 0 Å². The van der Waals surface area contributed by atoms with E-state index in [0.29, 0.717) is 25.9 Å². The van der Waals surface area contributed by atoms with Gasteiger partial charge in [0.05, 0.1) is 25.9 Å². The van der Waals surface area contributed by atoms with Crippen molar-refractivity contribution in [2.75, 3.05) is 32.9 Å². The van der Waals surface area contributed by atoms with Crippen molar-refractivity contribution in [3.63, 3.8) is 0 Å². The van der Waals surface area contributed by atoms with Gasteiger partial charge in [-0.25, -0.2) is 9.59 Å². The number of nitrogens with zero attached hydrogens (tertiary/aromatic N) is 1. The van der Waals surface area contributed by atoms with Gasteiger partial charge >= 0.3 is 12.0 Å².